The maximum absolute atomic E-state index is 13.0. The Morgan fingerprint density at radius 3 is 2.76 bits per heavy atom. The highest BCUT2D eigenvalue weighted by molar-refractivity contribution is 8.01. The number of furan rings is 1. The average molecular weight is 635 g/mol. The van der Waals surface area contributed by atoms with Gasteiger partial charge in [0, 0.05) is 16.5 Å². The molecule has 41 heavy (non-hydrogen) atoms. The first-order valence-corrected chi connectivity index (χ1v) is 15.9. The van der Waals surface area contributed by atoms with Crippen molar-refractivity contribution in [3.63, 3.8) is 0 Å². The number of carboxylic acid groups (broad SMARTS) is 1. The summed E-state index contributed by atoms with van der Waals surface area (Å²) in [5, 5.41) is 21.6. The Balaban J connectivity index is 1.20. The summed E-state index contributed by atoms with van der Waals surface area (Å²) in [4.78, 5) is 39.3. The van der Waals surface area contributed by atoms with Gasteiger partial charge in [-0.25, -0.2) is 4.79 Å². The molecule has 2 atom stereocenters. The van der Waals surface area contributed by atoms with E-state index in [4.69, 9.17) is 20.8 Å². The number of carbonyl (C=O) groups is 3. The van der Waals surface area contributed by atoms with Crippen LogP contribution in [0.2, 0.25) is 5.02 Å². The number of β-lactam (4-membered cyclic amide) rings is 1. The number of thioether (sulfide) groups is 2. The number of carboxylic acids is 1. The average Bonchev–Trinajstić information content (AvgIpc) is 3.59. The molecule has 2 N–H and O–H groups in total. The second kappa shape index (κ2) is 12.1. The molecule has 0 bridgehead atoms. The second-order valence-electron chi connectivity index (χ2n) is 9.85. The molecule has 1 saturated heterocycles. The van der Waals surface area contributed by atoms with Crippen LogP contribution < -0.4 is 10.1 Å². The van der Waals surface area contributed by atoms with E-state index in [0.29, 0.717) is 33.6 Å². The van der Waals surface area contributed by atoms with Crippen LogP contribution in [0.3, 0.4) is 0 Å². The maximum atomic E-state index is 13.0. The van der Waals surface area contributed by atoms with Crippen molar-refractivity contribution in [3.05, 3.63) is 68.2 Å². The molecule has 0 aliphatic carbocycles. The van der Waals surface area contributed by atoms with Gasteiger partial charge in [-0.05, 0) is 60.7 Å². The van der Waals surface area contributed by atoms with E-state index >= 15 is 0 Å². The van der Waals surface area contributed by atoms with E-state index in [0.717, 1.165) is 20.5 Å². The van der Waals surface area contributed by atoms with Crippen LogP contribution in [0.1, 0.15) is 52.2 Å². The Kier molecular flexibility index (Phi) is 8.69. The van der Waals surface area contributed by atoms with E-state index in [9.17, 15) is 19.5 Å². The third-order valence-electron chi connectivity index (χ3n) is 6.56. The van der Waals surface area contributed by atoms with Crippen LogP contribution in [0, 0.1) is 13.8 Å². The van der Waals surface area contributed by atoms with Crippen molar-refractivity contribution in [1.29, 1.82) is 0 Å². The molecule has 2 unspecified atom stereocenters. The van der Waals surface area contributed by atoms with Gasteiger partial charge in [0.15, 0.2) is 10.1 Å². The van der Waals surface area contributed by atoms with E-state index < -0.39 is 29.2 Å². The highest BCUT2D eigenvalue weighted by Crippen LogP contribution is 2.42. The fourth-order valence-corrected chi connectivity index (χ4v) is 8.12. The van der Waals surface area contributed by atoms with Crippen LogP contribution in [-0.4, -0.2) is 60.9 Å². The number of ether oxygens (including phenoxy) is 1. The molecule has 2 aliphatic heterocycles. The molecular formula is C27H27ClN4O6S3. The van der Waals surface area contributed by atoms with Gasteiger partial charge >= 0.3 is 5.97 Å². The van der Waals surface area contributed by atoms with E-state index in [1.165, 1.54) is 45.8 Å². The molecule has 10 nitrogen and oxygen atoms in total. The number of carbonyl (C=O) groups excluding carboxylic acids is 2. The third-order valence-corrected chi connectivity index (χ3v) is 10.5. The molecule has 14 heteroatoms. The fourth-order valence-electron chi connectivity index (χ4n) is 4.49. The lowest BCUT2D eigenvalue weighted by atomic mass is 10.0. The number of hydrogen-bond acceptors (Lipinski definition) is 10. The number of hydrogen-bond donors (Lipinski definition) is 2. The molecule has 5 rings (SSSR count). The van der Waals surface area contributed by atoms with Crippen molar-refractivity contribution in [1.82, 2.24) is 20.4 Å². The van der Waals surface area contributed by atoms with Crippen LogP contribution in [0.5, 0.6) is 5.75 Å². The zero-order valence-electron chi connectivity index (χ0n) is 22.6. The number of amides is 2. The lowest BCUT2D eigenvalue weighted by molar-refractivity contribution is -0.148. The van der Waals surface area contributed by atoms with Gasteiger partial charge in [0.2, 0.25) is 0 Å². The zero-order chi connectivity index (χ0) is 29.4. The number of aryl methyl sites for hydroxylation is 2. The summed E-state index contributed by atoms with van der Waals surface area (Å²) < 4.78 is 12.3. The minimum absolute atomic E-state index is 0.0317. The number of halogens is 1. The Morgan fingerprint density at radius 2 is 2.07 bits per heavy atom. The molecule has 2 amide bonds. The summed E-state index contributed by atoms with van der Waals surface area (Å²) in [6.07, 6.45) is 0. The Bertz CT molecular complexity index is 1550. The number of aromatic nitrogens is 2. The first-order valence-electron chi connectivity index (χ1n) is 12.7. The van der Waals surface area contributed by atoms with Gasteiger partial charge in [0.1, 0.15) is 40.2 Å². The van der Waals surface area contributed by atoms with E-state index in [-0.39, 0.29) is 24.0 Å². The number of fused-ring (bicyclic) bond motifs is 1. The summed E-state index contributed by atoms with van der Waals surface area (Å²) in [5.74, 6) is -0.0784. The van der Waals surface area contributed by atoms with Crippen molar-refractivity contribution in [3.8, 4) is 5.75 Å². The molecule has 1 aromatic carbocycles. The smallest absolute Gasteiger partial charge is 0.352 e. The quantitative estimate of drug-likeness (QED) is 0.225. The summed E-state index contributed by atoms with van der Waals surface area (Å²) >= 11 is 10.6. The number of nitrogens with zero attached hydrogens (tertiary/aromatic N) is 3. The Hall–Kier alpha value is -3.00. The lowest BCUT2D eigenvalue weighted by Crippen LogP contribution is -2.70. The molecule has 2 aromatic heterocycles. The highest BCUT2D eigenvalue weighted by Gasteiger charge is 2.54. The number of benzene rings is 1. The number of aliphatic carboxylic acids is 1. The summed E-state index contributed by atoms with van der Waals surface area (Å²) in [6, 6.07) is 6.04. The van der Waals surface area contributed by atoms with Gasteiger partial charge in [0.25, 0.3) is 11.8 Å². The lowest BCUT2D eigenvalue weighted by Gasteiger charge is -2.49. The van der Waals surface area contributed by atoms with Crippen LogP contribution in [-0.2, 0) is 16.2 Å². The molecule has 2 aliphatic rings. The first-order chi connectivity index (χ1) is 19.5. The van der Waals surface area contributed by atoms with Crippen LogP contribution in [0.15, 0.2) is 44.3 Å². The van der Waals surface area contributed by atoms with Crippen LogP contribution in [0.4, 0.5) is 0 Å². The number of nitrogens with one attached hydrogen (secondary N) is 1. The molecule has 1 fully saturated rings. The SMILES string of the molecule is Cc1nnc(SCC2=C(C(=O)O)N3C(=O)C(NC(=O)c4ccc(COc5cc(C)c(Cl)c(C(C)C)c5)o4)C3SC2)s1. The molecule has 0 radical (unpaired) electrons. The normalized spacial score (nSPS) is 18.4. The highest BCUT2D eigenvalue weighted by atomic mass is 35.5. The van der Waals surface area contributed by atoms with E-state index in [2.05, 4.69) is 29.4 Å². The van der Waals surface area contributed by atoms with Gasteiger partial charge in [-0.1, -0.05) is 48.5 Å². The second-order valence-corrected chi connectivity index (χ2v) is 13.7. The summed E-state index contributed by atoms with van der Waals surface area (Å²) in [6.45, 7) is 7.97. The van der Waals surface area contributed by atoms with Crippen molar-refractivity contribution >= 4 is 64.2 Å². The van der Waals surface area contributed by atoms with Crippen LogP contribution >= 0.6 is 46.5 Å². The van der Waals surface area contributed by atoms with Crippen molar-refractivity contribution in [2.45, 2.75) is 56.0 Å². The minimum Gasteiger partial charge on any atom is -0.486 e. The van der Waals surface area contributed by atoms with E-state index in [1.54, 1.807) is 6.07 Å². The summed E-state index contributed by atoms with van der Waals surface area (Å²) in [5.41, 5.74) is 2.49. The Morgan fingerprint density at radius 1 is 1.29 bits per heavy atom. The predicted molar refractivity (Wildman–Crippen MR) is 158 cm³/mol. The predicted octanol–water partition coefficient (Wildman–Crippen LogP) is 5.25. The monoisotopic (exact) mass is 634 g/mol. The molecule has 0 saturated carbocycles. The van der Waals surface area contributed by atoms with Crippen LogP contribution in [0.25, 0.3) is 0 Å². The summed E-state index contributed by atoms with van der Waals surface area (Å²) in [7, 11) is 0. The molecule has 4 heterocycles. The first kappa shape index (κ1) is 29.5. The van der Waals surface area contributed by atoms with Gasteiger partial charge < -0.3 is 19.6 Å². The topological polar surface area (TPSA) is 135 Å². The van der Waals surface area contributed by atoms with Gasteiger partial charge in [0.05, 0.1) is 0 Å². The van der Waals surface area contributed by atoms with Crippen molar-refractivity contribution in [2.24, 2.45) is 0 Å². The van der Waals surface area contributed by atoms with E-state index in [1.807, 2.05) is 26.0 Å². The minimum atomic E-state index is -1.18. The zero-order valence-corrected chi connectivity index (χ0v) is 25.8. The molecule has 216 valence electrons. The van der Waals surface area contributed by atoms with Crippen molar-refractivity contribution in [2.75, 3.05) is 11.5 Å². The maximum Gasteiger partial charge on any atom is 0.352 e. The standard InChI is InChI=1S/C27H27ClN4O6S3/c1-12(2)18-8-17(7-13(3)20(18)28)37-9-16-5-6-19(38-16)23(33)29-21-24(34)32-22(26(35)36)15(10-39-25(21)32)11-40-27-31-30-14(4)41-27/h5-8,12,21,25H,9-11H2,1-4H3,(H,29,33)(H,35,36). The van der Waals surface area contributed by atoms with Gasteiger partial charge in [-0.15, -0.1) is 22.0 Å². The van der Waals surface area contributed by atoms with Gasteiger partial charge in [-0.2, -0.15) is 0 Å². The van der Waals surface area contributed by atoms with Gasteiger partial charge in [-0.3, -0.25) is 14.5 Å². The molecule has 0 spiro atoms. The largest absolute Gasteiger partial charge is 0.486 e. The van der Waals surface area contributed by atoms with Crippen molar-refractivity contribution < 1.29 is 28.6 Å². The molecular weight excluding hydrogens is 608 g/mol. The molecule has 3 aromatic rings. The fraction of sp³-hybridized carbons (Fsp3) is 0.370. The number of rotatable bonds is 10. The Labute approximate surface area is 253 Å². The third kappa shape index (κ3) is 6.13.